The largest absolute Gasteiger partial charge is 0.461 e. The summed E-state index contributed by atoms with van der Waals surface area (Å²) in [6.45, 7) is 2.50. The van der Waals surface area contributed by atoms with Crippen LogP contribution in [-0.2, 0) is 11.2 Å². The number of amides is 1. The van der Waals surface area contributed by atoms with Crippen LogP contribution in [0.2, 0.25) is 0 Å². The lowest BCUT2D eigenvalue weighted by Gasteiger charge is -2.07. The van der Waals surface area contributed by atoms with Crippen molar-refractivity contribution in [3.05, 3.63) is 52.1 Å². The van der Waals surface area contributed by atoms with E-state index in [0.29, 0.717) is 30.8 Å². The van der Waals surface area contributed by atoms with Crippen LogP contribution in [0.15, 0.2) is 40.7 Å². The molecule has 0 unspecified atom stereocenters. The molecular formula is C19H19N3O3S2. The van der Waals surface area contributed by atoms with E-state index in [1.54, 1.807) is 30.3 Å². The standard InChI is InChI=1S/C19H19N3O3S2/c1-3-25-19(24)14-11-27-16(22-14)7-8-20-18(23)13-9-12-5-4-6-15(26-2)17(12)21-10-13/h4-6,9-11H,3,7-8H2,1-2H3,(H,20,23). The Morgan fingerprint density at radius 1 is 1.33 bits per heavy atom. The van der Waals surface area contributed by atoms with Gasteiger partial charge in [-0.15, -0.1) is 23.1 Å². The van der Waals surface area contributed by atoms with Crippen molar-refractivity contribution in [2.75, 3.05) is 19.4 Å². The number of para-hydroxylation sites is 1. The number of thiazole rings is 1. The molecule has 27 heavy (non-hydrogen) atoms. The van der Waals surface area contributed by atoms with Gasteiger partial charge in [-0.2, -0.15) is 0 Å². The Morgan fingerprint density at radius 2 is 2.19 bits per heavy atom. The van der Waals surface area contributed by atoms with Crippen LogP contribution < -0.4 is 5.32 Å². The van der Waals surface area contributed by atoms with Crippen molar-refractivity contribution in [3.8, 4) is 0 Å². The Bertz CT molecular complexity index is 972. The number of hydrogen-bond donors (Lipinski definition) is 1. The molecule has 0 aliphatic heterocycles. The number of ether oxygens (including phenoxy) is 1. The van der Waals surface area contributed by atoms with Crippen LogP contribution in [0.5, 0.6) is 0 Å². The van der Waals surface area contributed by atoms with Crippen LogP contribution in [0.25, 0.3) is 10.9 Å². The molecule has 0 atom stereocenters. The fourth-order valence-electron chi connectivity index (χ4n) is 2.53. The van der Waals surface area contributed by atoms with Crippen molar-refractivity contribution >= 4 is 45.9 Å². The molecule has 0 saturated carbocycles. The van der Waals surface area contributed by atoms with Crippen molar-refractivity contribution in [2.45, 2.75) is 18.2 Å². The number of nitrogens with zero attached hydrogens (tertiary/aromatic N) is 2. The highest BCUT2D eigenvalue weighted by atomic mass is 32.2. The van der Waals surface area contributed by atoms with Crippen LogP contribution in [-0.4, -0.2) is 41.3 Å². The topological polar surface area (TPSA) is 81.2 Å². The number of carbonyl (C=O) groups excluding carboxylic acids is 2. The molecule has 1 N–H and O–H groups in total. The molecule has 2 heterocycles. The maximum Gasteiger partial charge on any atom is 0.357 e. The minimum absolute atomic E-state index is 0.180. The van der Waals surface area contributed by atoms with Gasteiger partial charge >= 0.3 is 5.97 Å². The fourth-order valence-corrected chi connectivity index (χ4v) is 3.88. The second-order valence-electron chi connectivity index (χ2n) is 5.61. The van der Waals surface area contributed by atoms with Crippen molar-refractivity contribution in [2.24, 2.45) is 0 Å². The normalized spacial score (nSPS) is 10.7. The molecule has 3 aromatic rings. The first-order chi connectivity index (χ1) is 13.1. The zero-order valence-corrected chi connectivity index (χ0v) is 16.7. The van der Waals surface area contributed by atoms with E-state index in [1.807, 2.05) is 30.5 Å². The summed E-state index contributed by atoms with van der Waals surface area (Å²) >= 11 is 3.01. The van der Waals surface area contributed by atoms with Crippen molar-refractivity contribution in [1.29, 1.82) is 0 Å². The molecule has 2 aromatic heterocycles. The second-order valence-corrected chi connectivity index (χ2v) is 7.40. The number of esters is 1. The summed E-state index contributed by atoms with van der Waals surface area (Å²) in [5.41, 5.74) is 1.73. The first kappa shape index (κ1) is 19.3. The third kappa shape index (κ3) is 4.64. The number of nitrogens with one attached hydrogen (secondary N) is 1. The van der Waals surface area contributed by atoms with E-state index in [9.17, 15) is 9.59 Å². The van der Waals surface area contributed by atoms with E-state index >= 15 is 0 Å². The van der Waals surface area contributed by atoms with Gasteiger partial charge in [0.2, 0.25) is 0 Å². The van der Waals surface area contributed by atoms with Gasteiger partial charge in [-0.25, -0.2) is 9.78 Å². The highest BCUT2D eigenvalue weighted by Crippen LogP contribution is 2.24. The van der Waals surface area contributed by atoms with E-state index in [2.05, 4.69) is 15.3 Å². The molecule has 0 spiro atoms. The summed E-state index contributed by atoms with van der Waals surface area (Å²) in [6, 6.07) is 7.77. The first-order valence-electron chi connectivity index (χ1n) is 8.45. The molecule has 0 fully saturated rings. The van der Waals surface area contributed by atoms with Crippen molar-refractivity contribution in [3.63, 3.8) is 0 Å². The van der Waals surface area contributed by atoms with E-state index in [4.69, 9.17) is 4.74 Å². The summed E-state index contributed by atoms with van der Waals surface area (Å²) in [7, 11) is 0. The summed E-state index contributed by atoms with van der Waals surface area (Å²) in [5.74, 6) is -0.600. The smallest absolute Gasteiger partial charge is 0.357 e. The van der Waals surface area contributed by atoms with Crippen LogP contribution in [0.4, 0.5) is 0 Å². The molecule has 0 bridgehead atoms. The van der Waals surface area contributed by atoms with Gasteiger partial charge in [0.05, 0.1) is 22.7 Å². The minimum Gasteiger partial charge on any atom is -0.461 e. The molecule has 6 nitrogen and oxygen atoms in total. The number of benzene rings is 1. The van der Waals surface area contributed by atoms with Crippen LogP contribution in [0.3, 0.4) is 0 Å². The zero-order valence-electron chi connectivity index (χ0n) is 15.0. The quantitative estimate of drug-likeness (QED) is 0.482. The summed E-state index contributed by atoms with van der Waals surface area (Å²) in [5, 5.41) is 6.26. The number of rotatable bonds is 7. The summed E-state index contributed by atoms with van der Waals surface area (Å²) in [6.07, 6.45) is 4.15. The number of hydrogen-bond acceptors (Lipinski definition) is 7. The minimum atomic E-state index is -0.420. The third-order valence-electron chi connectivity index (χ3n) is 3.82. The number of thioether (sulfide) groups is 1. The van der Waals surface area contributed by atoms with E-state index in [1.165, 1.54) is 11.3 Å². The Morgan fingerprint density at radius 3 is 2.96 bits per heavy atom. The van der Waals surface area contributed by atoms with E-state index in [-0.39, 0.29) is 5.91 Å². The van der Waals surface area contributed by atoms with Gasteiger partial charge in [-0.05, 0) is 25.3 Å². The third-order valence-corrected chi connectivity index (χ3v) is 5.49. The van der Waals surface area contributed by atoms with Gasteiger partial charge in [0.15, 0.2) is 5.69 Å². The van der Waals surface area contributed by atoms with Crippen molar-refractivity contribution < 1.29 is 14.3 Å². The lowest BCUT2D eigenvalue weighted by molar-refractivity contribution is 0.0520. The van der Waals surface area contributed by atoms with E-state index in [0.717, 1.165) is 20.8 Å². The summed E-state index contributed by atoms with van der Waals surface area (Å²) in [4.78, 5) is 33.8. The zero-order chi connectivity index (χ0) is 19.2. The molecule has 8 heteroatoms. The molecule has 0 aliphatic carbocycles. The SMILES string of the molecule is CCOC(=O)c1csc(CCNC(=O)c2cnc3c(SC)cccc3c2)n1. The molecular weight excluding hydrogens is 382 g/mol. The highest BCUT2D eigenvalue weighted by molar-refractivity contribution is 7.98. The average molecular weight is 402 g/mol. The molecule has 1 amide bonds. The number of carbonyl (C=O) groups is 2. The average Bonchev–Trinajstić information content (AvgIpc) is 3.16. The molecule has 1 aromatic carbocycles. The lowest BCUT2D eigenvalue weighted by Crippen LogP contribution is -2.25. The van der Waals surface area contributed by atoms with Gasteiger partial charge in [0.1, 0.15) is 0 Å². The van der Waals surface area contributed by atoms with Crippen LogP contribution >= 0.6 is 23.1 Å². The highest BCUT2D eigenvalue weighted by Gasteiger charge is 2.12. The Hall–Kier alpha value is -2.45. The maximum atomic E-state index is 12.4. The Labute approximate surface area is 165 Å². The summed E-state index contributed by atoms with van der Waals surface area (Å²) < 4.78 is 4.92. The van der Waals surface area contributed by atoms with E-state index < -0.39 is 5.97 Å². The lowest BCUT2D eigenvalue weighted by atomic mass is 10.1. The van der Waals surface area contributed by atoms with Gasteiger partial charge in [0, 0.05) is 34.8 Å². The van der Waals surface area contributed by atoms with Gasteiger partial charge in [-0.1, -0.05) is 12.1 Å². The molecule has 0 saturated heterocycles. The number of fused-ring (bicyclic) bond motifs is 1. The van der Waals surface area contributed by atoms with Crippen LogP contribution in [0, 0.1) is 0 Å². The molecule has 0 radical (unpaired) electrons. The molecule has 140 valence electrons. The maximum absolute atomic E-state index is 12.4. The van der Waals surface area contributed by atoms with Crippen molar-refractivity contribution in [1.82, 2.24) is 15.3 Å². The predicted octanol–water partition coefficient (Wildman–Crippen LogP) is 3.56. The second kappa shape index (κ2) is 8.96. The Balaban J connectivity index is 1.60. The number of aromatic nitrogens is 2. The molecule has 3 rings (SSSR count). The molecule has 0 aliphatic rings. The van der Waals surface area contributed by atoms with Gasteiger partial charge in [-0.3, -0.25) is 9.78 Å². The first-order valence-corrected chi connectivity index (χ1v) is 10.5. The number of pyridine rings is 1. The Kier molecular flexibility index (Phi) is 6.41. The monoisotopic (exact) mass is 401 g/mol. The van der Waals surface area contributed by atoms with Crippen LogP contribution in [0.1, 0.15) is 32.8 Å². The predicted molar refractivity (Wildman–Crippen MR) is 108 cm³/mol. The van der Waals surface area contributed by atoms with Gasteiger partial charge in [0.25, 0.3) is 5.91 Å². The van der Waals surface area contributed by atoms with Gasteiger partial charge < -0.3 is 10.1 Å². The fraction of sp³-hybridized carbons (Fsp3) is 0.263.